The van der Waals surface area contributed by atoms with Gasteiger partial charge in [-0.25, -0.2) is 4.79 Å². The second-order valence-electron chi connectivity index (χ2n) is 5.59. The van der Waals surface area contributed by atoms with Crippen molar-refractivity contribution in [1.29, 1.82) is 0 Å². The third kappa shape index (κ3) is 4.47. The van der Waals surface area contributed by atoms with E-state index in [1.54, 1.807) is 44.3 Å². The number of amides is 2. The number of hydrogen-bond donors (Lipinski definition) is 1. The number of anilines is 1. The van der Waals surface area contributed by atoms with Gasteiger partial charge in [0.15, 0.2) is 0 Å². The molecule has 1 heterocycles. The van der Waals surface area contributed by atoms with Crippen molar-refractivity contribution in [2.75, 3.05) is 19.5 Å². The fourth-order valence-electron chi connectivity index (χ4n) is 2.36. The smallest absolute Gasteiger partial charge is 0.341 e. The van der Waals surface area contributed by atoms with Gasteiger partial charge >= 0.3 is 5.97 Å². The number of methoxy groups -OCH3 is 1. The lowest BCUT2D eigenvalue weighted by Gasteiger charge is -2.16. The first kappa shape index (κ1) is 18.3. The minimum atomic E-state index is -0.477. The molecule has 132 valence electrons. The molecule has 0 aliphatic heterocycles. The Hall–Kier alpha value is -3.09. The summed E-state index contributed by atoms with van der Waals surface area (Å²) in [6.07, 6.45) is 0. The Kier molecular flexibility index (Phi) is 5.59. The predicted molar refractivity (Wildman–Crippen MR) is 91.3 cm³/mol. The lowest BCUT2D eigenvalue weighted by molar-refractivity contribution is -0.114. The molecular formula is C18H20N2O5. The van der Waals surface area contributed by atoms with E-state index in [4.69, 9.17) is 4.42 Å². The summed E-state index contributed by atoms with van der Waals surface area (Å²) in [5.74, 6) is 0.0786. The van der Waals surface area contributed by atoms with Gasteiger partial charge < -0.3 is 19.4 Å². The first-order chi connectivity index (χ1) is 11.8. The van der Waals surface area contributed by atoms with Gasteiger partial charge in [-0.2, -0.15) is 0 Å². The largest absolute Gasteiger partial charge is 0.465 e. The number of carbonyl (C=O) groups is 3. The summed E-state index contributed by atoms with van der Waals surface area (Å²) in [6, 6.07) is 8.17. The highest BCUT2D eigenvalue weighted by Crippen LogP contribution is 2.18. The maximum Gasteiger partial charge on any atom is 0.341 e. The van der Waals surface area contributed by atoms with Crippen molar-refractivity contribution in [2.24, 2.45) is 0 Å². The number of aryl methyl sites for hydroxylation is 1. The van der Waals surface area contributed by atoms with Crippen LogP contribution < -0.4 is 5.32 Å². The van der Waals surface area contributed by atoms with E-state index in [-0.39, 0.29) is 18.4 Å². The summed E-state index contributed by atoms with van der Waals surface area (Å²) >= 11 is 0. The summed E-state index contributed by atoms with van der Waals surface area (Å²) in [5.41, 5.74) is 1.45. The fraction of sp³-hybridized carbons (Fsp3) is 0.278. The summed E-state index contributed by atoms with van der Waals surface area (Å²) in [4.78, 5) is 36.6. The number of rotatable bonds is 5. The number of nitrogens with one attached hydrogen (secondary N) is 1. The Bertz CT molecular complexity index is 792. The fourth-order valence-corrected chi connectivity index (χ4v) is 2.36. The van der Waals surface area contributed by atoms with Gasteiger partial charge in [0.1, 0.15) is 17.1 Å². The first-order valence-corrected chi connectivity index (χ1v) is 7.62. The highest BCUT2D eigenvalue weighted by molar-refractivity contribution is 5.95. The monoisotopic (exact) mass is 344 g/mol. The molecule has 0 unspecified atom stereocenters. The van der Waals surface area contributed by atoms with Crippen molar-refractivity contribution in [3.05, 3.63) is 53.0 Å². The Morgan fingerprint density at radius 3 is 2.40 bits per heavy atom. The molecule has 25 heavy (non-hydrogen) atoms. The Morgan fingerprint density at radius 1 is 1.20 bits per heavy atom. The van der Waals surface area contributed by atoms with Crippen LogP contribution >= 0.6 is 0 Å². The molecule has 0 saturated heterocycles. The van der Waals surface area contributed by atoms with E-state index >= 15 is 0 Å². The molecule has 2 rings (SSSR count). The maximum atomic E-state index is 12.5. The highest BCUT2D eigenvalue weighted by Gasteiger charge is 2.18. The standard InChI is InChI=1S/C18H20N2O5/c1-11-16(18(23)24-4)9-15(25-11)10-20(3)17(22)13-5-7-14(8-6-13)19-12(2)21/h5-9H,10H2,1-4H3,(H,19,21). The predicted octanol–water partition coefficient (Wildman–Crippen LogP) is 2.61. The van der Waals surface area contributed by atoms with Crippen LogP contribution in [0.3, 0.4) is 0 Å². The molecule has 0 fully saturated rings. The van der Waals surface area contributed by atoms with Crippen LogP contribution in [0.25, 0.3) is 0 Å². The van der Waals surface area contributed by atoms with Crippen molar-refractivity contribution in [3.63, 3.8) is 0 Å². The van der Waals surface area contributed by atoms with Gasteiger partial charge in [-0.3, -0.25) is 9.59 Å². The van der Waals surface area contributed by atoms with E-state index in [1.807, 2.05) is 0 Å². The molecule has 0 aliphatic carbocycles. The maximum absolute atomic E-state index is 12.5. The molecule has 2 aromatic rings. The number of ether oxygens (including phenoxy) is 1. The molecule has 7 nitrogen and oxygen atoms in total. The zero-order chi connectivity index (χ0) is 18.6. The third-order valence-corrected chi connectivity index (χ3v) is 3.57. The van der Waals surface area contributed by atoms with Crippen molar-refractivity contribution < 1.29 is 23.5 Å². The van der Waals surface area contributed by atoms with Crippen LogP contribution in [-0.2, 0) is 16.1 Å². The van der Waals surface area contributed by atoms with Crippen molar-refractivity contribution >= 4 is 23.5 Å². The molecule has 0 spiro atoms. The molecule has 0 atom stereocenters. The zero-order valence-electron chi connectivity index (χ0n) is 14.6. The average Bonchev–Trinajstić information content (AvgIpc) is 2.94. The summed E-state index contributed by atoms with van der Waals surface area (Å²) < 4.78 is 10.2. The van der Waals surface area contributed by atoms with Crippen molar-refractivity contribution in [1.82, 2.24) is 4.90 Å². The van der Waals surface area contributed by atoms with Crippen molar-refractivity contribution in [2.45, 2.75) is 20.4 Å². The number of benzene rings is 1. The van der Waals surface area contributed by atoms with Crippen LogP contribution in [0.2, 0.25) is 0 Å². The third-order valence-electron chi connectivity index (χ3n) is 3.57. The molecule has 1 N–H and O–H groups in total. The molecule has 0 bridgehead atoms. The molecule has 2 amide bonds. The molecule has 1 aromatic heterocycles. The van der Waals surface area contributed by atoms with E-state index in [0.29, 0.717) is 28.3 Å². The minimum Gasteiger partial charge on any atom is -0.465 e. The van der Waals surface area contributed by atoms with Gasteiger partial charge in [0, 0.05) is 25.2 Å². The quantitative estimate of drug-likeness (QED) is 0.842. The summed E-state index contributed by atoms with van der Waals surface area (Å²) in [5, 5.41) is 2.64. The molecule has 1 aromatic carbocycles. The average molecular weight is 344 g/mol. The number of furan rings is 1. The molecule has 0 aliphatic rings. The SMILES string of the molecule is COC(=O)c1cc(CN(C)C(=O)c2ccc(NC(C)=O)cc2)oc1C. The number of hydrogen-bond acceptors (Lipinski definition) is 5. The molecular weight excluding hydrogens is 324 g/mol. The van der Waals surface area contributed by atoms with E-state index in [2.05, 4.69) is 10.1 Å². The van der Waals surface area contributed by atoms with E-state index in [9.17, 15) is 14.4 Å². The van der Waals surface area contributed by atoms with E-state index < -0.39 is 5.97 Å². The van der Waals surface area contributed by atoms with Gasteiger partial charge in [-0.05, 0) is 37.3 Å². The minimum absolute atomic E-state index is 0.175. The van der Waals surface area contributed by atoms with Crippen LogP contribution in [0, 0.1) is 6.92 Å². The second-order valence-corrected chi connectivity index (χ2v) is 5.59. The number of nitrogens with zero attached hydrogens (tertiary/aromatic N) is 1. The Balaban J connectivity index is 2.07. The van der Waals surface area contributed by atoms with Crippen LogP contribution in [0.1, 0.15) is 39.2 Å². The lowest BCUT2D eigenvalue weighted by Crippen LogP contribution is -2.26. The van der Waals surface area contributed by atoms with Crippen LogP contribution in [0.5, 0.6) is 0 Å². The van der Waals surface area contributed by atoms with Gasteiger partial charge in [0.2, 0.25) is 5.91 Å². The van der Waals surface area contributed by atoms with Crippen LogP contribution in [-0.4, -0.2) is 36.8 Å². The van der Waals surface area contributed by atoms with Gasteiger partial charge in [-0.1, -0.05) is 0 Å². The molecule has 0 saturated carbocycles. The summed E-state index contributed by atoms with van der Waals surface area (Å²) in [7, 11) is 2.94. The van der Waals surface area contributed by atoms with Gasteiger partial charge in [0.05, 0.1) is 13.7 Å². The zero-order valence-corrected chi connectivity index (χ0v) is 14.6. The summed E-state index contributed by atoms with van der Waals surface area (Å²) in [6.45, 7) is 3.29. The highest BCUT2D eigenvalue weighted by atomic mass is 16.5. The van der Waals surface area contributed by atoms with E-state index in [0.717, 1.165) is 0 Å². The lowest BCUT2D eigenvalue weighted by atomic mass is 10.1. The van der Waals surface area contributed by atoms with Crippen molar-refractivity contribution in [3.8, 4) is 0 Å². The first-order valence-electron chi connectivity index (χ1n) is 7.62. The Morgan fingerprint density at radius 2 is 1.84 bits per heavy atom. The van der Waals surface area contributed by atoms with Gasteiger partial charge in [-0.15, -0.1) is 0 Å². The van der Waals surface area contributed by atoms with Gasteiger partial charge in [0.25, 0.3) is 5.91 Å². The number of carbonyl (C=O) groups excluding carboxylic acids is 3. The van der Waals surface area contributed by atoms with Crippen LogP contribution in [0.15, 0.2) is 34.7 Å². The number of esters is 1. The topological polar surface area (TPSA) is 88.9 Å². The normalized spacial score (nSPS) is 10.2. The second kappa shape index (κ2) is 7.65. The van der Waals surface area contributed by atoms with E-state index in [1.165, 1.54) is 18.9 Å². The molecule has 7 heteroatoms. The molecule has 0 radical (unpaired) electrons. The Labute approximate surface area is 145 Å². The van der Waals surface area contributed by atoms with Crippen LogP contribution in [0.4, 0.5) is 5.69 Å².